The fraction of sp³-hybridized carbons (Fsp3) is 0.733. The minimum Gasteiger partial charge on any atom is -0.481 e. The molecule has 5 nitrogen and oxygen atoms in total. The summed E-state index contributed by atoms with van der Waals surface area (Å²) in [6.07, 6.45) is 2.04. The smallest absolute Gasteiger partial charge is 0.307 e. The molecule has 0 saturated carbocycles. The van der Waals surface area contributed by atoms with E-state index in [1.54, 1.807) is 6.92 Å². The first kappa shape index (κ1) is 16.7. The van der Waals surface area contributed by atoms with Crippen molar-refractivity contribution in [1.82, 2.24) is 14.7 Å². The number of hydrogen-bond acceptors (Lipinski definition) is 3. The molecule has 0 bridgehead atoms. The fourth-order valence-electron chi connectivity index (χ4n) is 2.30. The van der Waals surface area contributed by atoms with E-state index in [1.165, 1.54) is 5.56 Å². The molecule has 1 rings (SSSR count). The van der Waals surface area contributed by atoms with Crippen LogP contribution in [0.5, 0.6) is 0 Å². The highest BCUT2D eigenvalue weighted by Gasteiger charge is 2.23. The van der Waals surface area contributed by atoms with E-state index < -0.39 is 5.97 Å². The van der Waals surface area contributed by atoms with Gasteiger partial charge in [0.25, 0.3) is 0 Å². The van der Waals surface area contributed by atoms with Gasteiger partial charge >= 0.3 is 5.97 Å². The fourth-order valence-corrected chi connectivity index (χ4v) is 2.30. The standard InChI is InChI=1S/C15H27N3O2/c1-7-18(8-11(2)14(19)20)10-12-9-17(6)16-13(12)15(3,4)5/h9,11H,7-8,10H2,1-6H3,(H,19,20). The van der Waals surface area contributed by atoms with Crippen LogP contribution in [0.2, 0.25) is 0 Å². The van der Waals surface area contributed by atoms with Gasteiger partial charge in [-0.3, -0.25) is 14.4 Å². The van der Waals surface area contributed by atoms with Crippen LogP contribution in [-0.2, 0) is 23.8 Å². The van der Waals surface area contributed by atoms with Crippen molar-refractivity contribution in [1.29, 1.82) is 0 Å². The quantitative estimate of drug-likeness (QED) is 0.869. The molecule has 0 radical (unpaired) electrons. The van der Waals surface area contributed by atoms with Crippen LogP contribution in [-0.4, -0.2) is 38.8 Å². The SMILES string of the molecule is CCN(Cc1cn(C)nc1C(C)(C)C)CC(C)C(=O)O. The highest BCUT2D eigenvalue weighted by Crippen LogP contribution is 2.25. The molecule has 1 heterocycles. The molecular weight excluding hydrogens is 254 g/mol. The van der Waals surface area contributed by atoms with Gasteiger partial charge in [0.15, 0.2) is 0 Å². The minimum absolute atomic E-state index is 0.00554. The van der Waals surface area contributed by atoms with Crippen LogP contribution in [0.4, 0.5) is 0 Å². The molecule has 0 fully saturated rings. The summed E-state index contributed by atoms with van der Waals surface area (Å²) in [4.78, 5) is 13.1. The molecule has 1 aromatic heterocycles. The van der Waals surface area contributed by atoms with Gasteiger partial charge in [0.05, 0.1) is 11.6 Å². The summed E-state index contributed by atoms with van der Waals surface area (Å²) in [5, 5.41) is 13.6. The van der Waals surface area contributed by atoms with Gasteiger partial charge in [-0.25, -0.2) is 0 Å². The van der Waals surface area contributed by atoms with Crippen molar-refractivity contribution in [3.8, 4) is 0 Å². The summed E-state index contributed by atoms with van der Waals surface area (Å²) in [5.74, 6) is -1.10. The zero-order valence-corrected chi connectivity index (χ0v) is 13.5. The lowest BCUT2D eigenvalue weighted by Gasteiger charge is -2.24. The summed E-state index contributed by atoms with van der Waals surface area (Å²) >= 11 is 0. The average Bonchev–Trinajstić information content (AvgIpc) is 2.68. The predicted molar refractivity (Wildman–Crippen MR) is 79.7 cm³/mol. The summed E-state index contributed by atoms with van der Waals surface area (Å²) in [7, 11) is 1.93. The Morgan fingerprint density at radius 2 is 2.10 bits per heavy atom. The number of carbonyl (C=O) groups is 1. The van der Waals surface area contributed by atoms with E-state index in [9.17, 15) is 4.79 Å². The molecule has 0 spiro atoms. The number of hydrogen-bond donors (Lipinski definition) is 1. The van der Waals surface area contributed by atoms with Crippen LogP contribution >= 0.6 is 0 Å². The Kier molecular flexibility index (Phi) is 5.34. The number of aromatic nitrogens is 2. The molecule has 0 amide bonds. The first-order valence-corrected chi connectivity index (χ1v) is 7.13. The van der Waals surface area contributed by atoms with E-state index in [1.807, 2.05) is 17.9 Å². The van der Waals surface area contributed by atoms with Gasteiger partial charge in [-0.15, -0.1) is 0 Å². The van der Waals surface area contributed by atoms with Gasteiger partial charge in [0, 0.05) is 37.3 Å². The molecular formula is C15H27N3O2. The highest BCUT2D eigenvalue weighted by atomic mass is 16.4. The van der Waals surface area contributed by atoms with Crippen LogP contribution in [0, 0.1) is 5.92 Å². The lowest BCUT2D eigenvalue weighted by atomic mass is 9.89. The second-order valence-electron chi connectivity index (χ2n) is 6.49. The van der Waals surface area contributed by atoms with Crippen molar-refractivity contribution in [2.45, 2.75) is 46.6 Å². The third-order valence-corrected chi connectivity index (χ3v) is 3.41. The molecule has 0 aliphatic carbocycles. The van der Waals surface area contributed by atoms with E-state index in [4.69, 9.17) is 5.11 Å². The van der Waals surface area contributed by atoms with Crippen molar-refractivity contribution < 1.29 is 9.90 Å². The Morgan fingerprint density at radius 1 is 1.50 bits per heavy atom. The van der Waals surface area contributed by atoms with Gasteiger partial charge < -0.3 is 5.11 Å². The lowest BCUT2D eigenvalue weighted by Crippen LogP contribution is -2.32. The Labute approximate surface area is 121 Å². The molecule has 0 aromatic carbocycles. The van der Waals surface area contributed by atoms with Crippen molar-refractivity contribution in [2.24, 2.45) is 13.0 Å². The summed E-state index contributed by atoms with van der Waals surface area (Å²) in [5.41, 5.74) is 2.26. The van der Waals surface area contributed by atoms with Crippen LogP contribution in [0.15, 0.2) is 6.20 Å². The Morgan fingerprint density at radius 3 is 2.55 bits per heavy atom. The van der Waals surface area contributed by atoms with Crippen LogP contribution < -0.4 is 0 Å². The number of carboxylic acids is 1. The third-order valence-electron chi connectivity index (χ3n) is 3.41. The second kappa shape index (κ2) is 6.39. The normalized spacial score (nSPS) is 13.8. The summed E-state index contributed by atoms with van der Waals surface area (Å²) < 4.78 is 1.84. The van der Waals surface area contributed by atoms with Crippen molar-refractivity contribution in [3.63, 3.8) is 0 Å². The summed E-state index contributed by atoms with van der Waals surface area (Å²) in [6.45, 7) is 12.4. The van der Waals surface area contributed by atoms with Crippen molar-refractivity contribution in [2.75, 3.05) is 13.1 Å². The van der Waals surface area contributed by atoms with Gasteiger partial charge in [0.2, 0.25) is 0 Å². The number of rotatable bonds is 6. The van der Waals surface area contributed by atoms with Crippen molar-refractivity contribution >= 4 is 5.97 Å². The third kappa shape index (κ3) is 4.34. The topological polar surface area (TPSA) is 58.4 Å². The Balaban J connectivity index is 2.88. The van der Waals surface area contributed by atoms with Crippen molar-refractivity contribution in [3.05, 3.63) is 17.5 Å². The average molecular weight is 281 g/mol. The second-order valence-corrected chi connectivity index (χ2v) is 6.49. The molecule has 0 aliphatic heterocycles. The largest absolute Gasteiger partial charge is 0.481 e. The Hall–Kier alpha value is -1.36. The maximum Gasteiger partial charge on any atom is 0.307 e. The minimum atomic E-state index is -0.745. The molecule has 20 heavy (non-hydrogen) atoms. The van der Waals surface area contributed by atoms with E-state index in [2.05, 4.69) is 37.7 Å². The monoisotopic (exact) mass is 281 g/mol. The number of aryl methyl sites for hydroxylation is 1. The molecule has 1 atom stereocenters. The predicted octanol–water partition coefficient (Wildman–Crippen LogP) is 2.26. The van der Waals surface area contributed by atoms with Crippen LogP contribution in [0.25, 0.3) is 0 Å². The molecule has 1 aromatic rings. The van der Waals surface area contributed by atoms with Crippen LogP contribution in [0.3, 0.4) is 0 Å². The number of nitrogens with zero attached hydrogens (tertiary/aromatic N) is 3. The number of carboxylic acid groups (broad SMARTS) is 1. The van der Waals surface area contributed by atoms with E-state index >= 15 is 0 Å². The zero-order valence-electron chi connectivity index (χ0n) is 13.5. The first-order chi connectivity index (χ1) is 9.15. The van der Waals surface area contributed by atoms with Gasteiger partial charge in [-0.2, -0.15) is 5.10 Å². The maximum atomic E-state index is 11.0. The first-order valence-electron chi connectivity index (χ1n) is 7.13. The molecule has 0 aliphatic rings. The van der Waals surface area contributed by atoms with E-state index in [-0.39, 0.29) is 11.3 Å². The van der Waals surface area contributed by atoms with E-state index in [0.29, 0.717) is 6.54 Å². The highest BCUT2D eigenvalue weighted by molar-refractivity contribution is 5.69. The van der Waals surface area contributed by atoms with Gasteiger partial charge in [-0.1, -0.05) is 34.6 Å². The lowest BCUT2D eigenvalue weighted by molar-refractivity contribution is -0.141. The molecule has 0 saturated heterocycles. The van der Waals surface area contributed by atoms with Crippen LogP contribution in [0.1, 0.15) is 45.9 Å². The van der Waals surface area contributed by atoms with E-state index in [0.717, 1.165) is 18.8 Å². The molecule has 5 heteroatoms. The maximum absolute atomic E-state index is 11.0. The molecule has 1 N–H and O–H groups in total. The Bertz CT molecular complexity index is 460. The molecule has 1 unspecified atom stereocenters. The van der Waals surface area contributed by atoms with Gasteiger partial charge in [0.1, 0.15) is 0 Å². The summed E-state index contributed by atoms with van der Waals surface area (Å²) in [6, 6.07) is 0. The molecule has 114 valence electrons. The van der Waals surface area contributed by atoms with Gasteiger partial charge in [-0.05, 0) is 6.54 Å². The number of aliphatic carboxylic acids is 1. The zero-order chi connectivity index (χ0) is 15.5.